The van der Waals surface area contributed by atoms with Gasteiger partial charge in [0.1, 0.15) is 11.7 Å². The van der Waals surface area contributed by atoms with Gasteiger partial charge in [-0.05, 0) is 41.8 Å². The van der Waals surface area contributed by atoms with Crippen LogP contribution in [0.2, 0.25) is 0 Å². The average Bonchev–Trinajstić information content (AvgIpc) is 3.55. The van der Waals surface area contributed by atoms with E-state index in [0.29, 0.717) is 34.5 Å². The molecule has 0 aliphatic heterocycles. The van der Waals surface area contributed by atoms with Crippen LogP contribution in [0.4, 0.5) is 0 Å². The summed E-state index contributed by atoms with van der Waals surface area (Å²) < 4.78 is 12.2. The molecule has 1 atom stereocenters. The van der Waals surface area contributed by atoms with Crippen LogP contribution in [0.5, 0.6) is 5.75 Å². The summed E-state index contributed by atoms with van der Waals surface area (Å²) in [4.78, 5) is 44.6. The second-order valence-electron chi connectivity index (χ2n) is 8.78. The lowest BCUT2D eigenvalue weighted by Gasteiger charge is -2.16. The van der Waals surface area contributed by atoms with Gasteiger partial charge in [-0.3, -0.25) is 20.0 Å². The molecule has 1 unspecified atom stereocenters. The molecule has 210 valence electrons. The number of H-pyrrole nitrogens is 1. The molecule has 0 spiro atoms. The summed E-state index contributed by atoms with van der Waals surface area (Å²) in [5, 5.41) is 20.2. The first-order valence-corrected chi connectivity index (χ1v) is 12.1. The predicted octanol–water partition coefficient (Wildman–Crippen LogP) is 1.95. The minimum atomic E-state index is -0.833. The van der Waals surface area contributed by atoms with Gasteiger partial charge >= 0.3 is 5.69 Å². The number of ether oxygens (including phenoxy) is 1. The van der Waals surface area contributed by atoms with Gasteiger partial charge in [-0.15, -0.1) is 9.78 Å². The van der Waals surface area contributed by atoms with Crippen LogP contribution in [0.25, 0.3) is 16.9 Å². The van der Waals surface area contributed by atoms with Gasteiger partial charge in [-0.1, -0.05) is 24.3 Å². The van der Waals surface area contributed by atoms with Gasteiger partial charge in [0.25, 0.3) is 17.8 Å². The number of carbonyl (C=O) groups is 2. The van der Waals surface area contributed by atoms with Crippen molar-refractivity contribution in [3.63, 3.8) is 0 Å². The number of aromatic amines is 1. The van der Waals surface area contributed by atoms with E-state index in [1.165, 1.54) is 19.5 Å². The molecular formula is C27H26N8O6. The number of aromatic nitrogens is 5. The highest BCUT2D eigenvalue weighted by molar-refractivity contribution is 5.96. The highest BCUT2D eigenvalue weighted by atomic mass is 16.5. The number of amides is 1. The third-order valence-electron chi connectivity index (χ3n) is 5.88. The number of hydrogen-bond donors (Lipinski definition) is 5. The molecule has 0 saturated heterocycles. The zero-order chi connectivity index (χ0) is 29.7. The van der Waals surface area contributed by atoms with Gasteiger partial charge in [0.15, 0.2) is 17.1 Å². The number of methoxy groups -OCH3 is 1. The number of carbonyl (C=O) groups excluding carboxylic acids is 1. The zero-order valence-electron chi connectivity index (χ0n) is 22.0. The molecular weight excluding hydrogens is 532 g/mol. The Morgan fingerprint density at radius 2 is 1.80 bits per heavy atom. The van der Waals surface area contributed by atoms with E-state index in [2.05, 4.69) is 20.1 Å². The number of nitrogens with zero attached hydrogens (tertiary/aromatic N) is 4. The van der Waals surface area contributed by atoms with Crippen LogP contribution in [-0.2, 0) is 11.2 Å². The number of carboxylic acid groups (broad SMARTS) is 1. The van der Waals surface area contributed by atoms with E-state index in [0.717, 1.165) is 22.7 Å². The van der Waals surface area contributed by atoms with Crippen LogP contribution in [0, 0.1) is 5.41 Å². The number of fused-ring (bicyclic) bond motifs is 1. The van der Waals surface area contributed by atoms with Gasteiger partial charge in [0.2, 0.25) is 0 Å². The maximum Gasteiger partial charge on any atom is 0.350 e. The van der Waals surface area contributed by atoms with E-state index in [-0.39, 0.29) is 17.5 Å². The quantitative estimate of drug-likeness (QED) is 0.137. The summed E-state index contributed by atoms with van der Waals surface area (Å²) in [5.41, 5.74) is 13.1. The Morgan fingerprint density at radius 1 is 1.15 bits per heavy atom. The van der Waals surface area contributed by atoms with Crippen LogP contribution in [0.3, 0.4) is 0 Å². The van der Waals surface area contributed by atoms with Gasteiger partial charge in [-0.2, -0.15) is 0 Å². The molecule has 0 aliphatic rings. The lowest BCUT2D eigenvalue weighted by molar-refractivity contribution is -0.134. The van der Waals surface area contributed by atoms with Crippen LogP contribution < -0.4 is 21.9 Å². The molecule has 0 saturated carbocycles. The SMILES string of the molecule is CC(=O)O.COc1cc(C(Cc2ccc(C(=N)N)cc2)c2nn(-c3ncccn3)c(=O)[nH]2)cc2cc(C(N)=O)oc12. The van der Waals surface area contributed by atoms with Gasteiger partial charge < -0.3 is 25.7 Å². The third-order valence-corrected chi connectivity index (χ3v) is 5.88. The van der Waals surface area contributed by atoms with E-state index < -0.39 is 23.5 Å². The molecule has 0 aliphatic carbocycles. The second-order valence-corrected chi connectivity index (χ2v) is 8.78. The number of benzene rings is 2. The number of nitrogens with two attached hydrogens (primary N) is 2. The maximum atomic E-state index is 12.8. The molecule has 7 N–H and O–H groups in total. The van der Waals surface area contributed by atoms with Crippen LogP contribution in [-0.4, -0.2) is 54.7 Å². The summed E-state index contributed by atoms with van der Waals surface area (Å²) in [6, 6.07) is 14.0. The summed E-state index contributed by atoms with van der Waals surface area (Å²) in [6.07, 6.45) is 3.46. The number of hydrogen-bond acceptors (Lipinski definition) is 9. The van der Waals surface area contributed by atoms with Crippen LogP contribution in [0.1, 0.15) is 45.9 Å². The topological polar surface area (TPSA) is 229 Å². The molecule has 3 aromatic heterocycles. The number of aliphatic carboxylic acids is 1. The van der Waals surface area contributed by atoms with E-state index in [1.807, 2.05) is 18.2 Å². The smallest absolute Gasteiger partial charge is 0.350 e. The number of primary amides is 1. The van der Waals surface area contributed by atoms with Crippen molar-refractivity contribution in [3.05, 3.63) is 99.7 Å². The molecule has 0 radical (unpaired) electrons. The normalized spacial score (nSPS) is 11.4. The van der Waals surface area contributed by atoms with Crippen molar-refractivity contribution in [1.82, 2.24) is 24.7 Å². The number of nitrogens with one attached hydrogen (secondary N) is 2. The Morgan fingerprint density at radius 3 is 2.39 bits per heavy atom. The Bertz CT molecular complexity index is 1770. The number of rotatable bonds is 8. The summed E-state index contributed by atoms with van der Waals surface area (Å²) in [5.74, 6) is -1.12. The fourth-order valence-electron chi connectivity index (χ4n) is 4.08. The highest BCUT2D eigenvalue weighted by Crippen LogP contribution is 2.36. The third kappa shape index (κ3) is 6.44. The minimum Gasteiger partial charge on any atom is -0.493 e. The molecule has 3 heterocycles. The highest BCUT2D eigenvalue weighted by Gasteiger charge is 2.24. The number of furan rings is 1. The molecule has 5 aromatic rings. The van der Waals surface area contributed by atoms with E-state index in [1.54, 1.807) is 30.3 Å². The average molecular weight is 559 g/mol. The Balaban J connectivity index is 0.000000909. The van der Waals surface area contributed by atoms with Crippen molar-refractivity contribution in [2.24, 2.45) is 11.5 Å². The number of nitrogen functional groups attached to an aromatic ring is 1. The van der Waals surface area contributed by atoms with Crippen molar-refractivity contribution in [1.29, 1.82) is 5.41 Å². The van der Waals surface area contributed by atoms with Crippen molar-refractivity contribution >= 4 is 28.7 Å². The van der Waals surface area contributed by atoms with Crippen LogP contribution >= 0.6 is 0 Å². The minimum absolute atomic E-state index is 0.000679. The van der Waals surface area contributed by atoms with Crippen molar-refractivity contribution in [3.8, 4) is 11.7 Å². The first kappa shape index (κ1) is 28.2. The fourth-order valence-corrected chi connectivity index (χ4v) is 4.08. The van der Waals surface area contributed by atoms with Gasteiger partial charge in [0.05, 0.1) is 7.11 Å². The fraction of sp³-hybridized carbons (Fsp3) is 0.148. The Hall–Kier alpha value is -5.79. The molecule has 0 fully saturated rings. The van der Waals surface area contributed by atoms with E-state index in [9.17, 15) is 9.59 Å². The Labute approximate surface area is 232 Å². The second kappa shape index (κ2) is 11.9. The molecule has 41 heavy (non-hydrogen) atoms. The van der Waals surface area contributed by atoms with Crippen molar-refractivity contribution in [2.75, 3.05) is 7.11 Å². The largest absolute Gasteiger partial charge is 0.493 e. The zero-order valence-corrected chi connectivity index (χ0v) is 22.0. The van der Waals surface area contributed by atoms with Crippen molar-refractivity contribution < 1.29 is 23.8 Å². The lowest BCUT2D eigenvalue weighted by atomic mass is 9.90. The molecule has 2 aromatic carbocycles. The Kier molecular flexibility index (Phi) is 8.22. The first-order chi connectivity index (χ1) is 19.6. The first-order valence-electron chi connectivity index (χ1n) is 12.1. The summed E-state index contributed by atoms with van der Waals surface area (Å²) in [7, 11) is 1.49. The molecule has 14 heteroatoms. The number of carboxylic acids is 1. The summed E-state index contributed by atoms with van der Waals surface area (Å²) in [6.45, 7) is 1.08. The predicted molar refractivity (Wildman–Crippen MR) is 147 cm³/mol. The lowest BCUT2D eigenvalue weighted by Crippen LogP contribution is -2.18. The molecule has 5 rings (SSSR count). The monoisotopic (exact) mass is 558 g/mol. The summed E-state index contributed by atoms with van der Waals surface area (Å²) >= 11 is 0. The van der Waals surface area contributed by atoms with Gasteiger partial charge in [0, 0.05) is 36.2 Å². The molecule has 0 bridgehead atoms. The van der Waals surface area contributed by atoms with Crippen LogP contribution in [0.15, 0.2) is 70.1 Å². The standard InChI is InChI=1S/C25H22N8O4.C2H4O2/c1-36-18-11-15(10-16-12-19(22(28)34)37-20(16)18)17(9-13-3-5-14(6-4-13)21(26)27)23-31-25(35)33(32-23)24-29-7-2-8-30-24;1-2(3)4/h2-8,10-12,17H,9H2,1H3,(H3,26,27)(H2,28,34)(H,31,32,35);1H3,(H,3,4). The van der Waals surface area contributed by atoms with E-state index in [4.69, 9.17) is 35.9 Å². The molecule has 14 nitrogen and oxygen atoms in total. The van der Waals surface area contributed by atoms with Gasteiger partial charge in [-0.25, -0.2) is 14.8 Å². The maximum absolute atomic E-state index is 12.8. The molecule has 1 amide bonds. The van der Waals surface area contributed by atoms with E-state index >= 15 is 0 Å². The number of amidine groups is 1. The van der Waals surface area contributed by atoms with Crippen molar-refractivity contribution in [2.45, 2.75) is 19.3 Å².